The van der Waals surface area contributed by atoms with Gasteiger partial charge in [-0.3, -0.25) is 4.98 Å². The predicted molar refractivity (Wildman–Crippen MR) is 72.9 cm³/mol. The Hall–Kier alpha value is -0.930. The number of hydrogen-bond acceptors (Lipinski definition) is 3. The van der Waals surface area contributed by atoms with E-state index in [0.29, 0.717) is 6.04 Å². The van der Waals surface area contributed by atoms with Crippen LogP contribution < -0.4 is 5.73 Å². The van der Waals surface area contributed by atoms with E-state index in [1.165, 1.54) is 6.42 Å². The molecule has 17 heavy (non-hydrogen) atoms. The standard InChI is InChI=1S/C14H25N3/c1-3-6-13(15)8-11-17(2)12-9-14-7-4-5-10-16-14/h4-5,7,10,13H,3,6,8-9,11-12,15H2,1-2H3. The molecule has 1 atom stereocenters. The Morgan fingerprint density at radius 3 is 2.76 bits per heavy atom. The van der Waals surface area contributed by atoms with Gasteiger partial charge in [-0.05, 0) is 38.6 Å². The molecule has 3 heteroatoms. The van der Waals surface area contributed by atoms with Crippen LogP contribution in [0.1, 0.15) is 31.9 Å². The zero-order chi connectivity index (χ0) is 12.5. The highest BCUT2D eigenvalue weighted by molar-refractivity contribution is 5.03. The zero-order valence-electron chi connectivity index (χ0n) is 11.1. The van der Waals surface area contributed by atoms with Crippen LogP contribution in [0, 0.1) is 0 Å². The van der Waals surface area contributed by atoms with Gasteiger partial charge in [0, 0.05) is 30.9 Å². The van der Waals surface area contributed by atoms with Crippen LogP contribution in [0.5, 0.6) is 0 Å². The molecule has 2 N–H and O–H groups in total. The third-order valence-corrected chi connectivity index (χ3v) is 3.02. The lowest BCUT2D eigenvalue weighted by Crippen LogP contribution is -2.29. The third-order valence-electron chi connectivity index (χ3n) is 3.02. The molecule has 0 amide bonds. The average molecular weight is 235 g/mol. The number of aromatic nitrogens is 1. The maximum atomic E-state index is 6.00. The highest BCUT2D eigenvalue weighted by Crippen LogP contribution is 2.01. The SMILES string of the molecule is CCCC(N)CCN(C)CCc1ccccn1. The van der Waals surface area contributed by atoms with E-state index in [2.05, 4.69) is 29.9 Å². The van der Waals surface area contributed by atoms with Crippen molar-refractivity contribution in [3.05, 3.63) is 30.1 Å². The fraction of sp³-hybridized carbons (Fsp3) is 0.643. The first kappa shape index (κ1) is 14.1. The van der Waals surface area contributed by atoms with Gasteiger partial charge in [-0.15, -0.1) is 0 Å². The molecule has 1 aromatic heterocycles. The molecular weight excluding hydrogens is 210 g/mol. The summed E-state index contributed by atoms with van der Waals surface area (Å²) in [6.45, 7) is 4.31. The maximum Gasteiger partial charge on any atom is 0.0416 e. The van der Waals surface area contributed by atoms with E-state index >= 15 is 0 Å². The first-order valence-corrected chi connectivity index (χ1v) is 6.56. The van der Waals surface area contributed by atoms with Gasteiger partial charge in [-0.2, -0.15) is 0 Å². The van der Waals surface area contributed by atoms with Gasteiger partial charge in [0.25, 0.3) is 0 Å². The van der Waals surface area contributed by atoms with E-state index in [-0.39, 0.29) is 0 Å². The molecule has 0 aliphatic heterocycles. The lowest BCUT2D eigenvalue weighted by atomic mass is 10.1. The molecule has 1 rings (SSSR count). The van der Waals surface area contributed by atoms with Crippen molar-refractivity contribution in [1.29, 1.82) is 0 Å². The smallest absolute Gasteiger partial charge is 0.0416 e. The van der Waals surface area contributed by atoms with Crippen molar-refractivity contribution in [1.82, 2.24) is 9.88 Å². The molecule has 0 aromatic carbocycles. The normalized spacial score (nSPS) is 12.9. The van der Waals surface area contributed by atoms with Gasteiger partial charge in [-0.25, -0.2) is 0 Å². The molecule has 0 saturated heterocycles. The van der Waals surface area contributed by atoms with Crippen LogP contribution in [-0.2, 0) is 6.42 Å². The van der Waals surface area contributed by atoms with Crippen molar-refractivity contribution in [3.63, 3.8) is 0 Å². The number of pyridine rings is 1. The van der Waals surface area contributed by atoms with E-state index in [4.69, 9.17) is 5.73 Å². The van der Waals surface area contributed by atoms with Gasteiger partial charge in [-0.1, -0.05) is 19.4 Å². The second-order valence-corrected chi connectivity index (χ2v) is 4.71. The minimum absolute atomic E-state index is 0.359. The van der Waals surface area contributed by atoms with Crippen LogP contribution in [-0.4, -0.2) is 36.1 Å². The number of rotatable bonds is 8. The summed E-state index contributed by atoms with van der Waals surface area (Å²) in [5.41, 5.74) is 7.16. The van der Waals surface area contributed by atoms with Gasteiger partial charge in [0.05, 0.1) is 0 Å². The van der Waals surface area contributed by atoms with Crippen LogP contribution in [0.4, 0.5) is 0 Å². The molecule has 0 spiro atoms. The summed E-state index contributed by atoms with van der Waals surface area (Å²) < 4.78 is 0. The fourth-order valence-corrected chi connectivity index (χ4v) is 1.86. The predicted octanol–water partition coefficient (Wildman–Crippen LogP) is 2.07. The van der Waals surface area contributed by atoms with Crippen LogP contribution in [0.3, 0.4) is 0 Å². The van der Waals surface area contributed by atoms with E-state index in [0.717, 1.165) is 38.0 Å². The van der Waals surface area contributed by atoms with Crippen molar-refractivity contribution >= 4 is 0 Å². The summed E-state index contributed by atoms with van der Waals surface area (Å²) in [5.74, 6) is 0. The molecule has 1 unspecified atom stereocenters. The van der Waals surface area contributed by atoms with Gasteiger partial charge >= 0.3 is 0 Å². The summed E-state index contributed by atoms with van der Waals surface area (Å²) in [6, 6.07) is 6.44. The molecule has 1 heterocycles. The van der Waals surface area contributed by atoms with E-state index in [1.54, 1.807) is 0 Å². The first-order chi connectivity index (χ1) is 8.22. The monoisotopic (exact) mass is 235 g/mol. The summed E-state index contributed by atoms with van der Waals surface area (Å²) in [7, 11) is 2.15. The number of nitrogens with two attached hydrogens (primary N) is 1. The molecule has 96 valence electrons. The first-order valence-electron chi connectivity index (χ1n) is 6.56. The summed E-state index contributed by atoms with van der Waals surface area (Å²) in [5, 5.41) is 0. The average Bonchev–Trinajstić information content (AvgIpc) is 2.35. The Morgan fingerprint density at radius 2 is 2.12 bits per heavy atom. The Labute approximate surface area is 105 Å². The summed E-state index contributed by atoms with van der Waals surface area (Å²) >= 11 is 0. The van der Waals surface area contributed by atoms with Crippen molar-refractivity contribution in [2.75, 3.05) is 20.1 Å². The van der Waals surface area contributed by atoms with E-state index in [9.17, 15) is 0 Å². The summed E-state index contributed by atoms with van der Waals surface area (Å²) in [4.78, 5) is 6.66. The molecule has 3 nitrogen and oxygen atoms in total. The summed E-state index contributed by atoms with van der Waals surface area (Å²) in [6.07, 6.45) is 6.27. The second kappa shape index (κ2) is 8.20. The molecule has 0 fully saturated rings. The lowest BCUT2D eigenvalue weighted by molar-refractivity contribution is 0.317. The molecule has 0 aliphatic rings. The Balaban J connectivity index is 2.15. The van der Waals surface area contributed by atoms with Crippen molar-refractivity contribution in [3.8, 4) is 0 Å². The largest absolute Gasteiger partial charge is 0.328 e. The number of nitrogens with zero attached hydrogens (tertiary/aromatic N) is 2. The Morgan fingerprint density at radius 1 is 1.29 bits per heavy atom. The van der Waals surface area contributed by atoms with Crippen molar-refractivity contribution in [2.45, 2.75) is 38.6 Å². The van der Waals surface area contributed by atoms with E-state index < -0.39 is 0 Å². The number of hydrogen-bond donors (Lipinski definition) is 1. The highest BCUT2D eigenvalue weighted by Gasteiger charge is 2.04. The van der Waals surface area contributed by atoms with Crippen LogP contribution in [0.25, 0.3) is 0 Å². The van der Waals surface area contributed by atoms with Gasteiger partial charge in [0.2, 0.25) is 0 Å². The second-order valence-electron chi connectivity index (χ2n) is 4.71. The minimum atomic E-state index is 0.359. The van der Waals surface area contributed by atoms with E-state index in [1.807, 2.05) is 18.3 Å². The Kier molecular flexibility index (Phi) is 6.82. The molecular formula is C14H25N3. The quantitative estimate of drug-likeness (QED) is 0.750. The molecule has 0 aliphatic carbocycles. The molecule has 0 saturated carbocycles. The zero-order valence-corrected chi connectivity index (χ0v) is 11.1. The minimum Gasteiger partial charge on any atom is -0.328 e. The topological polar surface area (TPSA) is 42.1 Å². The highest BCUT2D eigenvalue weighted by atomic mass is 15.1. The molecule has 1 aromatic rings. The van der Waals surface area contributed by atoms with Crippen LogP contribution in [0.2, 0.25) is 0 Å². The number of likely N-dealkylation sites (N-methyl/N-ethyl adjacent to an activating group) is 1. The molecule has 0 bridgehead atoms. The van der Waals surface area contributed by atoms with Gasteiger partial charge < -0.3 is 10.6 Å². The van der Waals surface area contributed by atoms with Crippen molar-refractivity contribution < 1.29 is 0 Å². The molecule has 0 radical (unpaired) electrons. The lowest BCUT2D eigenvalue weighted by Gasteiger charge is -2.18. The Bertz CT molecular complexity index is 287. The van der Waals surface area contributed by atoms with Crippen LogP contribution >= 0.6 is 0 Å². The van der Waals surface area contributed by atoms with Gasteiger partial charge in [0.1, 0.15) is 0 Å². The fourth-order valence-electron chi connectivity index (χ4n) is 1.86. The third kappa shape index (κ3) is 6.39. The van der Waals surface area contributed by atoms with Crippen LogP contribution in [0.15, 0.2) is 24.4 Å². The van der Waals surface area contributed by atoms with Gasteiger partial charge in [0.15, 0.2) is 0 Å². The maximum absolute atomic E-state index is 6.00. The van der Waals surface area contributed by atoms with Crippen molar-refractivity contribution in [2.24, 2.45) is 5.73 Å².